The zero-order valence-electron chi connectivity index (χ0n) is 7.88. The molecule has 1 fully saturated rings. The maximum Gasteiger partial charge on any atom is 0.0975 e. The Labute approximate surface area is 74.4 Å². The fourth-order valence-electron chi connectivity index (χ4n) is 1.74. The van der Waals surface area contributed by atoms with Crippen LogP contribution in [0.2, 0.25) is 0 Å². The lowest BCUT2D eigenvalue weighted by molar-refractivity contribution is 0.273. The van der Waals surface area contributed by atoms with E-state index in [1.807, 2.05) is 14.1 Å². The lowest BCUT2D eigenvalue weighted by Gasteiger charge is -2.22. The second-order valence-corrected chi connectivity index (χ2v) is 3.50. The molecule has 1 unspecified atom stereocenters. The quantitative estimate of drug-likeness (QED) is 0.621. The predicted molar refractivity (Wildman–Crippen MR) is 48.7 cm³/mol. The third-order valence-corrected chi connectivity index (χ3v) is 2.63. The summed E-state index contributed by atoms with van der Waals surface area (Å²) in [5.41, 5.74) is 0. The van der Waals surface area contributed by atoms with E-state index in [1.165, 1.54) is 6.42 Å². The molecule has 2 atom stereocenters. The summed E-state index contributed by atoms with van der Waals surface area (Å²) in [5, 5.41) is 12.1. The van der Waals surface area contributed by atoms with Crippen LogP contribution in [0, 0.1) is 11.3 Å². The van der Waals surface area contributed by atoms with Gasteiger partial charge in [0.25, 0.3) is 0 Å². The first-order chi connectivity index (χ1) is 5.77. The molecule has 1 aliphatic heterocycles. The Bertz CT molecular complexity index is 173. The Morgan fingerprint density at radius 1 is 1.50 bits per heavy atom. The zero-order chi connectivity index (χ0) is 8.97. The van der Waals surface area contributed by atoms with Crippen LogP contribution in [-0.2, 0) is 0 Å². The molecule has 0 aliphatic carbocycles. The maximum absolute atomic E-state index is 8.83. The van der Waals surface area contributed by atoms with Crippen molar-refractivity contribution in [2.75, 3.05) is 20.6 Å². The number of likely N-dealkylation sites (N-methyl/N-ethyl adjacent to an activating group) is 2. The Balaban J connectivity index is 2.51. The predicted octanol–water partition coefficient (Wildman–Crippen LogP) is 0.582. The van der Waals surface area contributed by atoms with Crippen molar-refractivity contribution >= 4 is 0 Å². The SMILES string of the molecule is CNC1CCC[C@@H](C#N)N(C)C1. The van der Waals surface area contributed by atoms with Crippen LogP contribution in [0.3, 0.4) is 0 Å². The summed E-state index contributed by atoms with van der Waals surface area (Å²) >= 11 is 0. The van der Waals surface area contributed by atoms with Crippen LogP contribution in [0.4, 0.5) is 0 Å². The van der Waals surface area contributed by atoms with Gasteiger partial charge in [-0.1, -0.05) is 0 Å². The summed E-state index contributed by atoms with van der Waals surface area (Å²) < 4.78 is 0. The minimum Gasteiger partial charge on any atom is -0.316 e. The zero-order valence-corrected chi connectivity index (χ0v) is 7.88. The number of rotatable bonds is 1. The van der Waals surface area contributed by atoms with E-state index < -0.39 is 0 Å². The van der Waals surface area contributed by atoms with Crippen molar-refractivity contribution in [2.24, 2.45) is 0 Å². The van der Waals surface area contributed by atoms with E-state index in [2.05, 4.69) is 16.3 Å². The van der Waals surface area contributed by atoms with Crippen molar-refractivity contribution in [2.45, 2.75) is 31.3 Å². The molecular formula is C9H17N3. The van der Waals surface area contributed by atoms with Crippen LogP contribution in [0.5, 0.6) is 0 Å². The van der Waals surface area contributed by atoms with Crippen molar-refractivity contribution in [1.82, 2.24) is 10.2 Å². The van der Waals surface area contributed by atoms with Crippen molar-refractivity contribution in [3.63, 3.8) is 0 Å². The standard InChI is InChI=1S/C9H17N3/c1-11-8-4-3-5-9(6-10)12(2)7-8/h8-9,11H,3-5,7H2,1-2H3/t8?,9-/m0/s1. The molecule has 1 N–H and O–H groups in total. The summed E-state index contributed by atoms with van der Waals surface area (Å²) in [7, 11) is 4.02. The highest BCUT2D eigenvalue weighted by atomic mass is 15.2. The molecule has 0 saturated carbocycles. The molecule has 3 nitrogen and oxygen atoms in total. The van der Waals surface area contributed by atoms with E-state index in [4.69, 9.17) is 5.26 Å². The first-order valence-electron chi connectivity index (χ1n) is 4.55. The summed E-state index contributed by atoms with van der Waals surface area (Å²) in [5.74, 6) is 0. The molecule has 68 valence electrons. The van der Waals surface area contributed by atoms with Gasteiger partial charge in [-0.05, 0) is 33.4 Å². The van der Waals surface area contributed by atoms with Gasteiger partial charge in [0.05, 0.1) is 12.1 Å². The largest absolute Gasteiger partial charge is 0.316 e. The molecule has 0 aromatic heterocycles. The Morgan fingerprint density at radius 3 is 2.83 bits per heavy atom. The molecule has 0 spiro atoms. The number of nitrogens with one attached hydrogen (secondary N) is 1. The van der Waals surface area contributed by atoms with Gasteiger partial charge in [0.2, 0.25) is 0 Å². The molecule has 0 aromatic rings. The average molecular weight is 167 g/mol. The molecule has 12 heavy (non-hydrogen) atoms. The molecule has 3 heteroatoms. The Morgan fingerprint density at radius 2 is 2.25 bits per heavy atom. The average Bonchev–Trinajstić information content (AvgIpc) is 2.26. The van der Waals surface area contributed by atoms with Gasteiger partial charge >= 0.3 is 0 Å². The van der Waals surface area contributed by atoms with Crippen LogP contribution < -0.4 is 5.32 Å². The molecule has 1 heterocycles. The van der Waals surface area contributed by atoms with Gasteiger partial charge in [-0.3, -0.25) is 4.90 Å². The Hall–Kier alpha value is -0.590. The molecule has 1 aliphatic rings. The van der Waals surface area contributed by atoms with Crippen LogP contribution in [0.25, 0.3) is 0 Å². The first kappa shape index (κ1) is 9.50. The summed E-state index contributed by atoms with van der Waals surface area (Å²) in [6.45, 7) is 0.995. The molecule has 0 amide bonds. The molecule has 0 aromatic carbocycles. The van der Waals surface area contributed by atoms with E-state index in [1.54, 1.807) is 0 Å². The van der Waals surface area contributed by atoms with Gasteiger partial charge in [-0.2, -0.15) is 5.26 Å². The summed E-state index contributed by atoms with van der Waals surface area (Å²) in [4.78, 5) is 2.15. The third-order valence-electron chi connectivity index (χ3n) is 2.63. The third kappa shape index (κ3) is 2.20. The molecule has 0 radical (unpaired) electrons. The maximum atomic E-state index is 8.83. The first-order valence-corrected chi connectivity index (χ1v) is 4.55. The topological polar surface area (TPSA) is 39.1 Å². The van der Waals surface area contributed by atoms with Crippen molar-refractivity contribution < 1.29 is 0 Å². The van der Waals surface area contributed by atoms with Crippen LogP contribution in [0.15, 0.2) is 0 Å². The van der Waals surface area contributed by atoms with E-state index in [0.717, 1.165) is 19.4 Å². The van der Waals surface area contributed by atoms with Gasteiger partial charge in [-0.15, -0.1) is 0 Å². The normalized spacial score (nSPS) is 32.4. The van der Waals surface area contributed by atoms with E-state index >= 15 is 0 Å². The van der Waals surface area contributed by atoms with Gasteiger partial charge in [-0.25, -0.2) is 0 Å². The number of nitriles is 1. The van der Waals surface area contributed by atoms with E-state index in [-0.39, 0.29) is 6.04 Å². The second-order valence-electron chi connectivity index (χ2n) is 3.50. The monoisotopic (exact) mass is 167 g/mol. The second kappa shape index (κ2) is 4.44. The number of nitrogens with zero attached hydrogens (tertiary/aromatic N) is 2. The number of likely N-dealkylation sites (tertiary alicyclic amines) is 1. The smallest absolute Gasteiger partial charge is 0.0975 e. The highest BCUT2D eigenvalue weighted by Gasteiger charge is 2.21. The number of hydrogen-bond donors (Lipinski definition) is 1. The fraction of sp³-hybridized carbons (Fsp3) is 0.889. The molecular weight excluding hydrogens is 150 g/mol. The minimum atomic E-state index is 0.128. The van der Waals surface area contributed by atoms with Gasteiger partial charge in [0.15, 0.2) is 0 Å². The van der Waals surface area contributed by atoms with Crippen LogP contribution >= 0.6 is 0 Å². The van der Waals surface area contributed by atoms with Gasteiger partial charge < -0.3 is 5.32 Å². The molecule has 1 rings (SSSR count). The lowest BCUT2D eigenvalue weighted by atomic mass is 10.1. The van der Waals surface area contributed by atoms with Crippen molar-refractivity contribution in [3.05, 3.63) is 0 Å². The summed E-state index contributed by atoms with van der Waals surface area (Å²) in [6.07, 6.45) is 3.37. The molecule has 0 bridgehead atoms. The van der Waals surface area contributed by atoms with Crippen LogP contribution in [0.1, 0.15) is 19.3 Å². The van der Waals surface area contributed by atoms with Crippen molar-refractivity contribution in [1.29, 1.82) is 5.26 Å². The van der Waals surface area contributed by atoms with Gasteiger partial charge in [0.1, 0.15) is 0 Å². The highest BCUT2D eigenvalue weighted by molar-refractivity contribution is 4.93. The van der Waals surface area contributed by atoms with Gasteiger partial charge in [0, 0.05) is 12.6 Å². The number of hydrogen-bond acceptors (Lipinski definition) is 3. The minimum absolute atomic E-state index is 0.128. The van der Waals surface area contributed by atoms with Crippen LogP contribution in [-0.4, -0.2) is 37.6 Å². The Kier molecular flexibility index (Phi) is 3.51. The highest BCUT2D eigenvalue weighted by Crippen LogP contribution is 2.14. The molecule has 1 saturated heterocycles. The summed E-state index contributed by atoms with van der Waals surface area (Å²) in [6, 6.07) is 3.03. The van der Waals surface area contributed by atoms with E-state index in [9.17, 15) is 0 Å². The van der Waals surface area contributed by atoms with Crippen molar-refractivity contribution in [3.8, 4) is 6.07 Å². The fourth-order valence-corrected chi connectivity index (χ4v) is 1.74. The van der Waals surface area contributed by atoms with E-state index in [0.29, 0.717) is 6.04 Å². The lowest BCUT2D eigenvalue weighted by Crippen LogP contribution is -2.39.